The van der Waals surface area contributed by atoms with Gasteiger partial charge in [-0.25, -0.2) is 0 Å². The zero-order valence-corrected chi connectivity index (χ0v) is 12.9. The number of hydrogen-bond donors (Lipinski definition) is 2. The highest BCUT2D eigenvalue weighted by atomic mass is 16.5. The van der Waals surface area contributed by atoms with Gasteiger partial charge in [0.2, 0.25) is 0 Å². The van der Waals surface area contributed by atoms with E-state index < -0.39 is 0 Å². The van der Waals surface area contributed by atoms with Gasteiger partial charge < -0.3 is 20.1 Å². The molecule has 0 radical (unpaired) electrons. The van der Waals surface area contributed by atoms with Crippen molar-refractivity contribution in [3.63, 3.8) is 0 Å². The lowest BCUT2D eigenvalue weighted by Gasteiger charge is -2.37. The van der Waals surface area contributed by atoms with E-state index in [0.29, 0.717) is 18.7 Å². The van der Waals surface area contributed by atoms with Crippen LogP contribution < -0.4 is 5.32 Å². The Kier molecular flexibility index (Phi) is 5.20. The Morgan fingerprint density at radius 2 is 2.29 bits per heavy atom. The highest BCUT2D eigenvalue weighted by molar-refractivity contribution is 6.00. The molecule has 1 aliphatic heterocycles. The normalized spacial score (nSPS) is 22.2. The van der Waals surface area contributed by atoms with Crippen LogP contribution in [0.3, 0.4) is 0 Å². The van der Waals surface area contributed by atoms with Crippen LogP contribution in [0.25, 0.3) is 0 Å². The lowest BCUT2D eigenvalue weighted by molar-refractivity contribution is -0.0667. The van der Waals surface area contributed by atoms with Crippen molar-refractivity contribution in [1.29, 1.82) is 0 Å². The Labute approximate surface area is 125 Å². The molecule has 1 aromatic carbocycles. The third kappa shape index (κ3) is 3.54. The number of rotatable bonds is 4. The summed E-state index contributed by atoms with van der Waals surface area (Å²) in [5.41, 5.74) is 2.65. The van der Waals surface area contributed by atoms with Crippen LogP contribution in [0.2, 0.25) is 0 Å². The molecule has 0 aromatic heterocycles. The molecule has 1 heterocycles. The van der Waals surface area contributed by atoms with Gasteiger partial charge in [0.25, 0.3) is 5.91 Å². The third-order valence-electron chi connectivity index (χ3n) is 3.74. The Balaban J connectivity index is 2.26. The highest BCUT2D eigenvalue weighted by Crippen LogP contribution is 2.22. The maximum absolute atomic E-state index is 12.8. The maximum atomic E-state index is 12.8. The molecule has 116 valence electrons. The van der Waals surface area contributed by atoms with Gasteiger partial charge in [-0.3, -0.25) is 4.79 Å². The molecule has 1 fully saturated rings. The van der Waals surface area contributed by atoms with Gasteiger partial charge in [-0.2, -0.15) is 0 Å². The number of hydrogen-bond acceptors (Lipinski definition) is 4. The number of morpholine rings is 1. The number of amides is 1. The highest BCUT2D eigenvalue weighted by Gasteiger charge is 2.30. The van der Waals surface area contributed by atoms with E-state index in [1.165, 1.54) is 0 Å². The molecule has 1 aromatic rings. The molecule has 0 saturated carbocycles. The van der Waals surface area contributed by atoms with Crippen molar-refractivity contribution in [3.05, 3.63) is 29.3 Å². The number of carbonyl (C=O) groups is 1. The fourth-order valence-corrected chi connectivity index (χ4v) is 2.55. The van der Waals surface area contributed by atoms with E-state index in [-0.39, 0.29) is 24.7 Å². The predicted octanol–water partition coefficient (Wildman–Crippen LogP) is 1.65. The average molecular weight is 292 g/mol. The summed E-state index contributed by atoms with van der Waals surface area (Å²) in [6.07, 6.45) is -0.293. The van der Waals surface area contributed by atoms with Crippen LogP contribution in [-0.2, 0) is 4.74 Å². The van der Waals surface area contributed by atoms with E-state index in [4.69, 9.17) is 4.74 Å². The van der Waals surface area contributed by atoms with E-state index in [1.807, 2.05) is 39.0 Å². The molecule has 0 bridgehead atoms. The molecule has 0 spiro atoms. The van der Waals surface area contributed by atoms with Gasteiger partial charge in [-0.05, 0) is 38.5 Å². The Morgan fingerprint density at radius 3 is 2.95 bits per heavy atom. The first-order valence-electron chi connectivity index (χ1n) is 7.44. The first-order valence-corrected chi connectivity index (χ1v) is 7.44. The number of aliphatic hydroxyl groups excluding tert-OH is 1. The second-order valence-corrected chi connectivity index (χ2v) is 5.52. The fourth-order valence-electron chi connectivity index (χ4n) is 2.55. The molecular formula is C16H24N2O3. The number of nitrogens with zero attached hydrogens (tertiary/aromatic N) is 1. The van der Waals surface area contributed by atoms with Crippen molar-refractivity contribution in [2.24, 2.45) is 0 Å². The number of nitrogens with one attached hydrogen (secondary N) is 1. The molecule has 1 amide bonds. The SMILES string of the molecule is CCNc1cc(C)ccc1C(=O)N1CC(CO)OCC1C. The molecule has 2 rings (SSSR count). The molecule has 2 atom stereocenters. The van der Waals surface area contributed by atoms with Crippen LogP contribution in [-0.4, -0.2) is 54.4 Å². The van der Waals surface area contributed by atoms with Crippen molar-refractivity contribution in [2.45, 2.75) is 32.9 Å². The lowest BCUT2D eigenvalue weighted by Crippen LogP contribution is -2.52. The number of carbonyl (C=O) groups excluding carboxylic acids is 1. The minimum atomic E-state index is -0.293. The second-order valence-electron chi connectivity index (χ2n) is 5.52. The van der Waals surface area contributed by atoms with Gasteiger partial charge in [0, 0.05) is 18.8 Å². The largest absolute Gasteiger partial charge is 0.394 e. The van der Waals surface area contributed by atoms with Crippen LogP contribution in [0.15, 0.2) is 18.2 Å². The second kappa shape index (κ2) is 6.91. The summed E-state index contributed by atoms with van der Waals surface area (Å²) < 4.78 is 5.49. The maximum Gasteiger partial charge on any atom is 0.256 e. The topological polar surface area (TPSA) is 61.8 Å². The van der Waals surface area contributed by atoms with Crippen LogP contribution in [0.4, 0.5) is 5.69 Å². The molecule has 5 heteroatoms. The quantitative estimate of drug-likeness (QED) is 0.886. The Bertz CT molecular complexity index is 504. The summed E-state index contributed by atoms with van der Waals surface area (Å²) in [6, 6.07) is 5.82. The minimum Gasteiger partial charge on any atom is -0.394 e. The van der Waals surface area contributed by atoms with Crippen LogP contribution in [0, 0.1) is 6.92 Å². The molecule has 2 unspecified atom stereocenters. The number of anilines is 1. The summed E-state index contributed by atoms with van der Waals surface area (Å²) in [6.45, 7) is 7.57. The average Bonchev–Trinajstić information content (AvgIpc) is 2.48. The van der Waals surface area contributed by atoms with E-state index in [0.717, 1.165) is 17.8 Å². The molecule has 1 aliphatic rings. The van der Waals surface area contributed by atoms with Crippen molar-refractivity contribution >= 4 is 11.6 Å². The first kappa shape index (κ1) is 15.8. The standard InChI is InChI=1S/C16H24N2O3/c1-4-17-15-7-11(2)5-6-14(15)16(20)18-8-13(9-19)21-10-12(18)3/h5-7,12-13,17,19H,4,8-10H2,1-3H3. The molecule has 0 aliphatic carbocycles. The number of aliphatic hydroxyl groups is 1. The van der Waals surface area contributed by atoms with Gasteiger partial charge in [0.05, 0.1) is 30.9 Å². The van der Waals surface area contributed by atoms with Gasteiger partial charge in [0.1, 0.15) is 0 Å². The van der Waals surface area contributed by atoms with E-state index in [2.05, 4.69) is 5.32 Å². The third-order valence-corrected chi connectivity index (χ3v) is 3.74. The molecule has 5 nitrogen and oxygen atoms in total. The van der Waals surface area contributed by atoms with Crippen molar-refractivity contribution in [2.75, 3.05) is 31.6 Å². The first-order chi connectivity index (χ1) is 10.1. The van der Waals surface area contributed by atoms with E-state index in [1.54, 1.807) is 4.90 Å². The van der Waals surface area contributed by atoms with Gasteiger partial charge in [-0.1, -0.05) is 6.07 Å². The minimum absolute atomic E-state index is 0.0103. The lowest BCUT2D eigenvalue weighted by atomic mass is 10.1. The zero-order valence-electron chi connectivity index (χ0n) is 12.9. The monoisotopic (exact) mass is 292 g/mol. The van der Waals surface area contributed by atoms with Gasteiger partial charge in [0.15, 0.2) is 0 Å². The Morgan fingerprint density at radius 1 is 1.52 bits per heavy atom. The smallest absolute Gasteiger partial charge is 0.256 e. The molecular weight excluding hydrogens is 268 g/mol. The van der Waals surface area contributed by atoms with Crippen LogP contribution in [0.1, 0.15) is 29.8 Å². The number of benzene rings is 1. The van der Waals surface area contributed by atoms with Crippen molar-refractivity contribution in [3.8, 4) is 0 Å². The Hall–Kier alpha value is -1.59. The summed E-state index contributed by atoms with van der Waals surface area (Å²) >= 11 is 0. The summed E-state index contributed by atoms with van der Waals surface area (Å²) in [5.74, 6) is -0.0137. The number of ether oxygens (including phenoxy) is 1. The summed E-state index contributed by atoms with van der Waals surface area (Å²) in [4.78, 5) is 14.6. The van der Waals surface area contributed by atoms with Gasteiger partial charge in [-0.15, -0.1) is 0 Å². The van der Waals surface area contributed by atoms with Crippen LogP contribution in [0.5, 0.6) is 0 Å². The summed E-state index contributed by atoms with van der Waals surface area (Å²) in [5, 5.41) is 12.5. The van der Waals surface area contributed by atoms with Gasteiger partial charge >= 0.3 is 0 Å². The predicted molar refractivity (Wildman–Crippen MR) is 82.7 cm³/mol. The summed E-state index contributed by atoms with van der Waals surface area (Å²) in [7, 11) is 0. The fraction of sp³-hybridized carbons (Fsp3) is 0.562. The zero-order chi connectivity index (χ0) is 15.4. The van der Waals surface area contributed by atoms with Crippen LogP contribution >= 0.6 is 0 Å². The molecule has 2 N–H and O–H groups in total. The van der Waals surface area contributed by atoms with Crippen molar-refractivity contribution < 1.29 is 14.6 Å². The number of aryl methyl sites for hydroxylation is 1. The van der Waals surface area contributed by atoms with E-state index in [9.17, 15) is 9.90 Å². The molecule has 21 heavy (non-hydrogen) atoms. The van der Waals surface area contributed by atoms with Crippen molar-refractivity contribution in [1.82, 2.24) is 4.90 Å². The molecule has 1 saturated heterocycles. The van der Waals surface area contributed by atoms with E-state index >= 15 is 0 Å².